The molecule has 3 nitrogen and oxygen atoms in total. The van der Waals surface area contributed by atoms with Gasteiger partial charge in [0.05, 0.1) is 7.11 Å². The van der Waals surface area contributed by atoms with Gasteiger partial charge in [-0.1, -0.05) is 22.9 Å². The fraction of sp³-hybridized carbons (Fsp3) is 0.462. The first-order chi connectivity index (χ1) is 8.17. The van der Waals surface area contributed by atoms with Crippen molar-refractivity contribution in [3.05, 3.63) is 28.2 Å². The third-order valence-electron chi connectivity index (χ3n) is 3.22. The third kappa shape index (κ3) is 2.32. The van der Waals surface area contributed by atoms with Gasteiger partial charge >= 0.3 is 5.97 Å². The second-order valence-corrected chi connectivity index (χ2v) is 5.06. The fourth-order valence-electron chi connectivity index (χ4n) is 2.17. The first-order valence-corrected chi connectivity index (χ1v) is 6.59. The summed E-state index contributed by atoms with van der Waals surface area (Å²) in [4.78, 5) is 13.7. The highest BCUT2D eigenvalue weighted by Crippen LogP contribution is 2.32. The zero-order valence-corrected chi connectivity index (χ0v) is 11.7. The standard InChI is InChI=1S/C13H16BrNO2/c1-3-9-8-10(14)4-5-11(9)15-7-6-12(15)13(16)17-2/h4-5,8,12H,3,6-7H2,1-2H3. The van der Waals surface area contributed by atoms with E-state index in [0.717, 1.165) is 29.5 Å². The van der Waals surface area contributed by atoms with Crippen LogP contribution in [-0.2, 0) is 16.0 Å². The predicted molar refractivity (Wildman–Crippen MR) is 71.3 cm³/mol. The van der Waals surface area contributed by atoms with E-state index >= 15 is 0 Å². The van der Waals surface area contributed by atoms with Gasteiger partial charge in [0, 0.05) is 16.7 Å². The van der Waals surface area contributed by atoms with E-state index in [9.17, 15) is 4.79 Å². The van der Waals surface area contributed by atoms with E-state index < -0.39 is 0 Å². The van der Waals surface area contributed by atoms with Crippen LogP contribution in [0, 0.1) is 0 Å². The van der Waals surface area contributed by atoms with Crippen LogP contribution in [-0.4, -0.2) is 25.7 Å². The number of benzene rings is 1. The summed E-state index contributed by atoms with van der Waals surface area (Å²) in [7, 11) is 1.45. The average Bonchev–Trinajstić information content (AvgIpc) is 2.29. The van der Waals surface area contributed by atoms with Crippen LogP contribution in [0.3, 0.4) is 0 Å². The Hall–Kier alpha value is -1.03. The largest absolute Gasteiger partial charge is 0.467 e. The monoisotopic (exact) mass is 297 g/mol. The van der Waals surface area contributed by atoms with Crippen molar-refractivity contribution in [3.63, 3.8) is 0 Å². The molecule has 1 aromatic carbocycles. The van der Waals surface area contributed by atoms with Crippen molar-refractivity contribution in [3.8, 4) is 0 Å². The number of methoxy groups -OCH3 is 1. The molecule has 1 heterocycles. The Morgan fingerprint density at radius 2 is 2.35 bits per heavy atom. The normalized spacial score (nSPS) is 18.8. The summed E-state index contributed by atoms with van der Waals surface area (Å²) in [6.07, 6.45) is 1.84. The molecular weight excluding hydrogens is 282 g/mol. The Morgan fingerprint density at radius 1 is 1.59 bits per heavy atom. The van der Waals surface area contributed by atoms with Crippen LogP contribution in [0.25, 0.3) is 0 Å². The highest BCUT2D eigenvalue weighted by molar-refractivity contribution is 9.10. The molecule has 1 atom stereocenters. The second kappa shape index (κ2) is 5.08. The van der Waals surface area contributed by atoms with Crippen LogP contribution in [0.1, 0.15) is 18.9 Å². The Morgan fingerprint density at radius 3 is 2.88 bits per heavy atom. The SMILES string of the molecule is CCc1cc(Br)ccc1N1CCC1C(=O)OC. The summed E-state index contributed by atoms with van der Waals surface area (Å²) in [5.41, 5.74) is 2.41. The predicted octanol–water partition coefficient (Wildman–Crippen LogP) is 2.76. The van der Waals surface area contributed by atoms with E-state index in [-0.39, 0.29) is 12.0 Å². The minimum atomic E-state index is -0.138. The van der Waals surface area contributed by atoms with Crippen molar-refractivity contribution in [2.24, 2.45) is 0 Å². The summed E-state index contributed by atoms with van der Waals surface area (Å²) in [5.74, 6) is -0.138. The van der Waals surface area contributed by atoms with E-state index in [0.29, 0.717) is 0 Å². The van der Waals surface area contributed by atoms with E-state index in [1.165, 1.54) is 12.7 Å². The molecule has 1 aliphatic rings. The van der Waals surface area contributed by atoms with Gasteiger partial charge in [-0.05, 0) is 36.6 Å². The number of rotatable bonds is 3. The number of halogens is 1. The molecule has 0 N–H and O–H groups in total. The Labute approximate surface area is 110 Å². The number of aryl methyl sites for hydroxylation is 1. The van der Waals surface area contributed by atoms with Gasteiger partial charge in [0.2, 0.25) is 0 Å². The summed E-state index contributed by atoms with van der Waals surface area (Å²) >= 11 is 3.47. The van der Waals surface area contributed by atoms with Gasteiger partial charge in [0.15, 0.2) is 0 Å². The first kappa shape index (κ1) is 12.4. The lowest BCUT2D eigenvalue weighted by atomic mass is 9.99. The van der Waals surface area contributed by atoms with Gasteiger partial charge in [0.25, 0.3) is 0 Å². The van der Waals surface area contributed by atoms with Crippen LogP contribution in [0.15, 0.2) is 22.7 Å². The molecular formula is C13H16BrNO2. The minimum Gasteiger partial charge on any atom is -0.467 e. The maximum absolute atomic E-state index is 11.6. The van der Waals surface area contributed by atoms with Crippen LogP contribution < -0.4 is 4.90 Å². The van der Waals surface area contributed by atoms with Crippen LogP contribution in [0.4, 0.5) is 5.69 Å². The number of esters is 1. The molecule has 1 fully saturated rings. The van der Waals surface area contributed by atoms with Crippen molar-refractivity contribution < 1.29 is 9.53 Å². The van der Waals surface area contributed by atoms with E-state index in [4.69, 9.17) is 4.74 Å². The molecule has 0 aromatic heterocycles. The van der Waals surface area contributed by atoms with Crippen molar-refractivity contribution in [1.29, 1.82) is 0 Å². The highest BCUT2D eigenvalue weighted by Gasteiger charge is 2.35. The zero-order valence-electron chi connectivity index (χ0n) is 10.1. The van der Waals surface area contributed by atoms with Crippen molar-refractivity contribution in [2.45, 2.75) is 25.8 Å². The van der Waals surface area contributed by atoms with Gasteiger partial charge in [-0.15, -0.1) is 0 Å². The number of carbonyl (C=O) groups excluding carboxylic acids is 1. The number of nitrogens with zero attached hydrogens (tertiary/aromatic N) is 1. The summed E-state index contributed by atoms with van der Waals surface area (Å²) < 4.78 is 5.89. The van der Waals surface area contributed by atoms with E-state index in [2.05, 4.69) is 39.9 Å². The minimum absolute atomic E-state index is 0.105. The number of hydrogen-bond donors (Lipinski definition) is 0. The van der Waals surface area contributed by atoms with E-state index in [1.54, 1.807) is 0 Å². The lowest BCUT2D eigenvalue weighted by molar-refractivity contribution is -0.143. The van der Waals surface area contributed by atoms with Crippen molar-refractivity contribution in [2.75, 3.05) is 18.6 Å². The average molecular weight is 298 g/mol. The summed E-state index contributed by atoms with van der Waals surface area (Å²) in [6, 6.07) is 6.09. The molecule has 0 amide bonds. The molecule has 0 aliphatic carbocycles. The molecule has 0 radical (unpaired) electrons. The number of anilines is 1. The third-order valence-corrected chi connectivity index (χ3v) is 3.72. The van der Waals surface area contributed by atoms with Gasteiger partial charge in [0.1, 0.15) is 6.04 Å². The molecule has 92 valence electrons. The Balaban J connectivity index is 2.25. The molecule has 1 aromatic rings. The summed E-state index contributed by atoms with van der Waals surface area (Å²) in [5, 5.41) is 0. The summed E-state index contributed by atoms with van der Waals surface area (Å²) in [6.45, 7) is 3.05. The Bertz CT molecular complexity index is 433. The maximum Gasteiger partial charge on any atom is 0.328 e. The topological polar surface area (TPSA) is 29.5 Å². The molecule has 17 heavy (non-hydrogen) atoms. The lowest BCUT2D eigenvalue weighted by Gasteiger charge is -2.41. The smallest absolute Gasteiger partial charge is 0.328 e. The van der Waals surface area contributed by atoms with Gasteiger partial charge in [-0.3, -0.25) is 0 Å². The molecule has 1 aliphatic heterocycles. The molecule has 0 bridgehead atoms. The number of carbonyl (C=O) groups is 1. The van der Waals surface area contributed by atoms with Crippen LogP contribution in [0.5, 0.6) is 0 Å². The molecule has 0 spiro atoms. The van der Waals surface area contributed by atoms with Gasteiger partial charge < -0.3 is 9.64 Å². The van der Waals surface area contributed by atoms with E-state index in [1.807, 2.05) is 6.07 Å². The molecule has 1 unspecified atom stereocenters. The second-order valence-electron chi connectivity index (χ2n) is 4.15. The van der Waals surface area contributed by atoms with Crippen molar-refractivity contribution >= 4 is 27.6 Å². The van der Waals surface area contributed by atoms with Crippen LogP contribution in [0.2, 0.25) is 0 Å². The fourth-order valence-corrected chi connectivity index (χ4v) is 2.58. The molecule has 4 heteroatoms. The van der Waals surface area contributed by atoms with Crippen molar-refractivity contribution in [1.82, 2.24) is 0 Å². The quantitative estimate of drug-likeness (QED) is 0.804. The first-order valence-electron chi connectivity index (χ1n) is 5.80. The van der Waals surface area contributed by atoms with Gasteiger partial charge in [-0.2, -0.15) is 0 Å². The number of hydrogen-bond acceptors (Lipinski definition) is 3. The molecule has 1 saturated heterocycles. The lowest BCUT2D eigenvalue weighted by Crippen LogP contribution is -2.53. The maximum atomic E-state index is 11.6. The molecule has 2 rings (SSSR count). The zero-order chi connectivity index (χ0) is 12.4. The number of ether oxygens (including phenoxy) is 1. The van der Waals surface area contributed by atoms with Crippen LogP contribution >= 0.6 is 15.9 Å². The Kier molecular flexibility index (Phi) is 3.72. The highest BCUT2D eigenvalue weighted by atomic mass is 79.9. The van der Waals surface area contributed by atoms with Gasteiger partial charge in [-0.25, -0.2) is 4.79 Å². The molecule has 0 saturated carbocycles.